The van der Waals surface area contributed by atoms with Crippen LogP contribution in [0.15, 0.2) is 71.3 Å². The van der Waals surface area contributed by atoms with Crippen LogP contribution in [0, 0.1) is 0 Å². The van der Waals surface area contributed by atoms with Gasteiger partial charge in [-0.2, -0.15) is 0 Å². The van der Waals surface area contributed by atoms with Crippen LogP contribution in [-0.4, -0.2) is 39.1 Å². The van der Waals surface area contributed by atoms with E-state index in [0.29, 0.717) is 29.6 Å². The van der Waals surface area contributed by atoms with Gasteiger partial charge in [-0.15, -0.1) is 10.2 Å². The molecule has 6 heteroatoms. The van der Waals surface area contributed by atoms with Gasteiger partial charge in [0.1, 0.15) is 5.69 Å². The standard InChI is InChI=1S/C23H20N4O2/c28-23(17-8-2-1-3-9-17)27-14-6-10-18(15-27)21-25-26-22(29-21)20-19-11-5-4-7-16(19)12-13-24-20/h1-5,7-9,11-13,18H,6,10,14-15H2/t18-/m0/s1. The highest BCUT2D eigenvalue weighted by molar-refractivity contribution is 5.94. The van der Waals surface area contributed by atoms with Crippen molar-refractivity contribution in [2.24, 2.45) is 0 Å². The molecule has 1 fully saturated rings. The normalized spacial score (nSPS) is 16.8. The minimum atomic E-state index is 0.0349. The first-order valence-corrected chi connectivity index (χ1v) is 9.81. The molecule has 5 rings (SSSR count). The highest BCUT2D eigenvalue weighted by Gasteiger charge is 2.29. The maximum absolute atomic E-state index is 12.8. The summed E-state index contributed by atoms with van der Waals surface area (Å²) in [6.07, 6.45) is 3.58. The van der Waals surface area contributed by atoms with Crippen LogP contribution in [0.5, 0.6) is 0 Å². The molecule has 0 unspecified atom stereocenters. The van der Waals surface area contributed by atoms with Crippen LogP contribution < -0.4 is 0 Å². The quantitative estimate of drug-likeness (QED) is 0.526. The molecule has 2 aromatic carbocycles. The summed E-state index contributed by atoms with van der Waals surface area (Å²) in [5.74, 6) is 1.07. The molecular formula is C23H20N4O2. The average molecular weight is 384 g/mol. The molecule has 0 radical (unpaired) electrons. The number of hydrogen-bond donors (Lipinski definition) is 0. The van der Waals surface area contributed by atoms with Crippen LogP contribution in [0.4, 0.5) is 0 Å². The number of rotatable bonds is 3. The summed E-state index contributed by atoms with van der Waals surface area (Å²) in [4.78, 5) is 19.1. The fraction of sp³-hybridized carbons (Fsp3) is 0.217. The maximum Gasteiger partial charge on any atom is 0.266 e. The zero-order valence-corrected chi connectivity index (χ0v) is 15.9. The Morgan fingerprint density at radius 1 is 1.00 bits per heavy atom. The number of piperidine rings is 1. The number of amides is 1. The molecule has 0 saturated carbocycles. The molecule has 4 aromatic rings. The molecule has 1 aliphatic rings. The highest BCUT2D eigenvalue weighted by atomic mass is 16.4. The van der Waals surface area contributed by atoms with Crippen LogP contribution in [0.1, 0.15) is 35.0 Å². The Balaban J connectivity index is 1.39. The maximum atomic E-state index is 12.8. The van der Waals surface area contributed by atoms with Crippen molar-refractivity contribution >= 4 is 16.7 Å². The van der Waals surface area contributed by atoms with Gasteiger partial charge in [0, 0.05) is 30.2 Å². The Morgan fingerprint density at radius 2 is 1.83 bits per heavy atom. The molecule has 6 nitrogen and oxygen atoms in total. The predicted octanol–water partition coefficient (Wildman–Crippen LogP) is 4.30. The number of nitrogens with zero attached hydrogens (tertiary/aromatic N) is 4. The Labute approximate surface area is 168 Å². The molecule has 0 spiro atoms. The fourth-order valence-electron chi connectivity index (χ4n) is 3.91. The van der Waals surface area contributed by atoms with E-state index in [1.165, 1.54) is 0 Å². The Kier molecular flexibility index (Phi) is 4.52. The molecule has 0 aliphatic carbocycles. The molecule has 2 aromatic heterocycles. The lowest BCUT2D eigenvalue weighted by Crippen LogP contribution is -2.39. The highest BCUT2D eigenvalue weighted by Crippen LogP contribution is 2.30. The van der Waals surface area contributed by atoms with Gasteiger partial charge in [0.2, 0.25) is 5.89 Å². The van der Waals surface area contributed by atoms with Gasteiger partial charge in [-0.1, -0.05) is 42.5 Å². The Morgan fingerprint density at radius 3 is 2.72 bits per heavy atom. The second-order valence-electron chi connectivity index (χ2n) is 7.28. The van der Waals surface area contributed by atoms with Gasteiger partial charge in [0.15, 0.2) is 0 Å². The van der Waals surface area contributed by atoms with Crippen LogP contribution in [0.2, 0.25) is 0 Å². The van der Waals surface area contributed by atoms with E-state index in [0.717, 1.165) is 30.2 Å². The first-order chi connectivity index (χ1) is 14.3. The molecular weight excluding hydrogens is 364 g/mol. The van der Waals surface area contributed by atoms with E-state index in [4.69, 9.17) is 4.42 Å². The van der Waals surface area contributed by atoms with Crippen molar-refractivity contribution in [1.82, 2.24) is 20.1 Å². The third kappa shape index (κ3) is 3.38. The van der Waals surface area contributed by atoms with Gasteiger partial charge in [-0.3, -0.25) is 9.78 Å². The Hall–Kier alpha value is -3.54. The predicted molar refractivity (Wildman–Crippen MR) is 109 cm³/mol. The van der Waals surface area contributed by atoms with Crippen molar-refractivity contribution in [2.75, 3.05) is 13.1 Å². The molecule has 29 heavy (non-hydrogen) atoms. The van der Waals surface area contributed by atoms with Gasteiger partial charge in [0.25, 0.3) is 11.8 Å². The van der Waals surface area contributed by atoms with E-state index in [2.05, 4.69) is 15.2 Å². The molecule has 0 bridgehead atoms. The van der Waals surface area contributed by atoms with E-state index in [-0.39, 0.29) is 11.8 Å². The number of hydrogen-bond acceptors (Lipinski definition) is 5. The lowest BCUT2D eigenvalue weighted by atomic mass is 9.97. The SMILES string of the molecule is O=C(c1ccccc1)N1CCC[C@H](c2nnc(-c3nccc4ccccc34)o2)C1. The van der Waals surface area contributed by atoms with E-state index in [1.807, 2.05) is 65.6 Å². The summed E-state index contributed by atoms with van der Waals surface area (Å²) < 4.78 is 6.03. The third-order valence-electron chi connectivity index (χ3n) is 5.40. The van der Waals surface area contributed by atoms with E-state index in [9.17, 15) is 4.79 Å². The molecule has 1 aliphatic heterocycles. The summed E-state index contributed by atoms with van der Waals surface area (Å²) in [5.41, 5.74) is 1.40. The van der Waals surface area contributed by atoms with Crippen LogP contribution >= 0.6 is 0 Å². The molecule has 0 N–H and O–H groups in total. The molecule has 3 heterocycles. The second-order valence-corrected chi connectivity index (χ2v) is 7.28. The summed E-state index contributed by atoms with van der Waals surface area (Å²) in [7, 11) is 0. The number of likely N-dealkylation sites (tertiary alicyclic amines) is 1. The zero-order valence-electron chi connectivity index (χ0n) is 15.9. The summed E-state index contributed by atoms with van der Waals surface area (Å²) in [6.45, 7) is 1.33. The average Bonchev–Trinajstić information content (AvgIpc) is 3.29. The van der Waals surface area contributed by atoms with Crippen LogP contribution in [0.25, 0.3) is 22.4 Å². The molecule has 1 atom stereocenters. The van der Waals surface area contributed by atoms with Gasteiger partial charge in [0.05, 0.1) is 5.92 Å². The lowest BCUT2D eigenvalue weighted by Gasteiger charge is -2.31. The lowest BCUT2D eigenvalue weighted by molar-refractivity contribution is 0.0698. The molecule has 144 valence electrons. The van der Waals surface area contributed by atoms with Gasteiger partial charge < -0.3 is 9.32 Å². The van der Waals surface area contributed by atoms with Crippen molar-refractivity contribution in [1.29, 1.82) is 0 Å². The largest absolute Gasteiger partial charge is 0.419 e. The van der Waals surface area contributed by atoms with E-state index >= 15 is 0 Å². The summed E-state index contributed by atoms with van der Waals surface area (Å²) in [5, 5.41) is 10.6. The van der Waals surface area contributed by atoms with E-state index < -0.39 is 0 Å². The van der Waals surface area contributed by atoms with Crippen molar-refractivity contribution in [3.63, 3.8) is 0 Å². The smallest absolute Gasteiger partial charge is 0.266 e. The monoisotopic (exact) mass is 384 g/mol. The van der Waals surface area contributed by atoms with Gasteiger partial charge >= 0.3 is 0 Å². The third-order valence-corrected chi connectivity index (χ3v) is 5.40. The minimum Gasteiger partial charge on any atom is -0.419 e. The number of carbonyl (C=O) groups is 1. The van der Waals surface area contributed by atoms with Gasteiger partial charge in [-0.05, 0) is 36.4 Å². The molecule has 1 amide bonds. The van der Waals surface area contributed by atoms with Crippen molar-refractivity contribution < 1.29 is 9.21 Å². The summed E-state index contributed by atoms with van der Waals surface area (Å²) in [6, 6.07) is 19.3. The van der Waals surface area contributed by atoms with E-state index in [1.54, 1.807) is 6.20 Å². The number of aromatic nitrogens is 3. The van der Waals surface area contributed by atoms with Gasteiger partial charge in [-0.25, -0.2) is 0 Å². The zero-order chi connectivity index (χ0) is 19.6. The fourth-order valence-corrected chi connectivity index (χ4v) is 3.91. The minimum absolute atomic E-state index is 0.0349. The molecule has 1 saturated heterocycles. The van der Waals surface area contributed by atoms with Crippen molar-refractivity contribution in [2.45, 2.75) is 18.8 Å². The van der Waals surface area contributed by atoms with Crippen LogP contribution in [0.3, 0.4) is 0 Å². The van der Waals surface area contributed by atoms with Crippen molar-refractivity contribution in [3.05, 3.63) is 78.3 Å². The first kappa shape index (κ1) is 17.6. The topological polar surface area (TPSA) is 72.1 Å². The number of carbonyl (C=O) groups excluding carboxylic acids is 1. The van der Waals surface area contributed by atoms with Crippen molar-refractivity contribution in [3.8, 4) is 11.6 Å². The number of fused-ring (bicyclic) bond motifs is 1. The second kappa shape index (κ2) is 7.47. The number of benzene rings is 2. The number of pyridine rings is 1. The summed E-state index contributed by atoms with van der Waals surface area (Å²) >= 11 is 0. The Bertz CT molecular complexity index is 1150. The first-order valence-electron chi connectivity index (χ1n) is 9.81. The van der Waals surface area contributed by atoms with Crippen LogP contribution in [-0.2, 0) is 0 Å².